The van der Waals surface area contributed by atoms with Crippen molar-refractivity contribution in [1.82, 2.24) is 24.8 Å². The second-order valence-corrected chi connectivity index (χ2v) is 7.99. The normalized spacial score (nSPS) is 16.3. The summed E-state index contributed by atoms with van der Waals surface area (Å²) in [6.07, 6.45) is 2.45. The Hall–Kier alpha value is -2.55. The highest BCUT2D eigenvalue weighted by Crippen LogP contribution is 2.13. The third kappa shape index (κ3) is 5.25. The number of likely N-dealkylation sites (tertiary alicyclic amines) is 1. The lowest BCUT2D eigenvalue weighted by Gasteiger charge is -2.32. The quantitative estimate of drug-likeness (QED) is 0.801. The molecule has 28 heavy (non-hydrogen) atoms. The maximum atomic E-state index is 13.5. The molecule has 1 fully saturated rings. The first-order valence-electron chi connectivity index (χ1n) is 9.45. The SMILES string of the molecule is CC(C)(C)OC(=O)NC1CCN(CCn2c(=O)cnc3ccc(F)nc32)CC1. The molecule has 8 nitrogen and oxygen atoms in total. The number of aromatic nitrogens is 3. The van der Waals surface area contributed by atoms with Gasteiger partial charge in [0.25, 0.3) is 5.56 Å². The Kier molecular flexibility index (Phi) is 5.93. The zero-order chi connectivity index (χ0) is 20.3. The van der Waals surface area contributed by atoms with Gasteiger partial charge in [0.05, 0.1) is 6.20 Å². The van der Waals surface area contributed by atoms with Crippen LogP contribution in [0.4, 0.5) is 9.18 Å². The van der Waals surface area contributed by atoms with Crippen molar-refractivity contribution in [2.24, 2.45) is 0 Å². The molecule has 0 spiro atoms. The summed E-state index contributed by atoms with van der Waals surface area (Å²) < 4.78 is 20.2. The van der Waals surface area contributed by atoms with Crippen LogP contribution in [0.1, 0.15) is 33.6 Å². The van der Waals surface area contributed by atoms with Crippen molar-refractivity contribution in [2.75, 3.05) is 19.6 Å². The Balaban J connectivity index is 1.54. The number of hydrogen-bond acceptors (Lipinski definition) is 6. The highest BCUT2D eigenvalue weighted by atomic mass is 19.1. The Morgan fingerprint density at radius 3 is 2.68 bits per heavy atom. The average Bonchev–Trinajstić information content (AvgIpc) is 2.60. The van der Waals surface area contributed by atoms with Crippen LogP contribution < -0.4 is 10.9 Å². The van der Waals surface area contributed by atoms with E-state index in [1.165, 1.54) is 22.9 Å². The molecular weight excluding hydrogens is 365 g/mol. The predicted molar refractivity (Wildman–Crippen MR) is 103 cm³/mol. The highest BCUT2D eigenvalue weighted by molar-refractivity contribution is 5.69. The fourth-order valence-corrected chi connectivity index (χ4v) is 3.25. The standard InChI is InChI=1S/C19H26FN5O3/c1-19(2,3)28-18(27)22-13-6-8-24(9-7-13)10-11-25-16(26)12-21-14-4-5-15(20)23-17(14)25/h4-5,12-13H,6-11H2,1-3H3,(H,22,27). The van der Waals surface area contributed by atoms with Crippen LogP contribution in [0.5, 0.6) is 0 Å². The van der Waals surface area contributed by atoms with E-state index in [1.807, 2.05) is 20.8 Å². The number of pyridine rings is 1. The third-order valence-electron chi connectivity index (χ3n) is 4.60. The van der Waals surface area contributed by atoms with E-state index in [2.05, 4.69) is 20.2 Å². The molecule has 1 saturated heterocycles. The van der Waals surface area contributed by atoms with E-state index in [-0.39, 0.29) is 17.2 Å². The molecule has 3 rings (SSSR count). The van der Waals surface area contributed by atoms with Crippen LogP contribution in [0.2, 0.25) is 0 Å². The molecule has 0 unspecified atom stereocenters. The summed E-state index contributed by atoms with van der Waals surface area (Å²) in [5, 5.41) is 2.91. The average molecular weight is 391 g/mol. The third-order valence-corrected chi connectivity index (χ3v) is 4.60. The Morgan fingerprint density at radius 2 is 2.00 bits per heavy atom. The molecule has 1 aliphatic rings. The summed E-state index contributed by atoms with van der Waals surface area (Å²) in [6, 6.07) is 2.82. The van der Waals surface area contributed by atoms with Crippen LogP contribution in [-0.4, -0.2) is 56.8 Å². The number of hydrogen-bond donors (Lipinski definition) is 1. The van der Waals surface area contributed by atoms with Crippen molar-refractivity contribution in [3.8, 4) is 0 Å². The number of piperidine rings is 1. The summed E-state index contributed by atoms with van der Waals surface area (Å²) in [7, 11) is 0. The van der Waals surface area contributed by atoms with Gasteiger partial charge in [-0.05, 0) is 45.7 Å². The molecule has 2 aromatic heterocycles. The van der Waals surface area contributed by atoms with E-state index in [9.17, 15) is 14.0 Å². The molecule has 3 heterocycles. The molecule has 152 valence electrons. The van der Waals surface area contributed by atoms with Gasteiger partial charge in [-0.1, -0.05) is 0 Å². The molecule has 0 aliphatic carbocycles. The lowest BCUT2D eigenvalue weighted by Crippen LogP contribution is -2.46. The molecule has 0 radical (unpaired) electrons. The van der Waals surface area contributed by atoms with Crippen LogP contribution in [0.25, 0.3) is 11.2 Å². The topological polar surface area (TPSA) is 89.4 Å². The fraction of sp³-hybridized carbons (Fsp3) is 0.579. The van der Waals surface area contributed by atoms with Gasteiger partial charge in [0, 0.05) is 32.2 Å². The smallest absolute Gasteiger partial charge is 0.407 e. The predicted octanol–water partition coefficient (Wildman–Crippen LogP) is 1.92. The molecular formula is C19H26FN5O3. The van der Waals surface area contributed by atoms with E-state index >= 15 is 0 Å². The number of carbonyl (C=O) groups excluding carboxylic acids is 1. The maximum absolute atomic E-state index is 13.5. The number of nitrogens with one attached hydrogen (secondary N) is 1. The van der Waals surface area contributed by atoms with Gasteiger partial charge in [-0.3, -0.25) is 9.36 Å². The van der Waals surface area contributed by atoms with Gasteiger partial charge in [-0.25, -0.2) is 9.78 Å². The van der Waals surface area contributed by atoms with E-state index in [0.29, 0.717) is 18.6 Å². The van der Waals surface area contributed by atoms with Crippen molar-refractivity contribution in [3.63, 3.8) is 0 Å². The van der Waals surface area contributed by atoms with Gasteiger partial charge in [-0.15, -0.1) is 0 Å². The van der Waals surface area contributed by atoms with Crippen LogP contribution in [0, 0.1) is 5.95 Å². The molecule has 0 bridgehead atoms. The zero-order valence-corrected chi connectivity index (χ0v) is 16.4. The van der Waals surface area contributed by atoms with Gasteiger partial charge in [0.15, 0.2) is 5.65 Å². The Labute approximate surface area is 162 Å². The van der Waals surface area contributed by atoms with Gasteiger partial charge in [0.1, 0.15) is 11.1 Å². The van der Waals surface area contributed by atoms with Gasteiger partial charge in [0.2, 0.25) is 5.95 Å². The molecule has 1 aliphatic heterocycles. The van der Waals surface area contributed by atoms with E-state index in [1.54, 1.807) is 0 Å². The number of rotatable bonds is 4. The number of alkyl carbamates (subject to hydrolysis) is 1. The second-order valence-electron chi connectivity index (χ2n) is 7.99. The monoisotopic (exact) mass is 391 g/mol. The van der Waals surface area contributed by atoms with Crippen molar-refractivity contribution < 1.29 is 13.9 Å². The second kappa shape index (κ2) is 8.22. The first kappa shape index (κ1) is 20.2. The van der Waals surface area contributed by atoms with Crippen molar-refractivity contribution in [3.05, 3.63) is 34.6 Å². The first-order valence-corrected chi connectivity index (χ1v) is 9.45. The molecule has 9 heteroatoms. The number of carbonyl (C=O) groups is 1. The molecule has 0 saturated carbocycles. The highest BCUT2D eigenvalue weighted by Gasteiger charge is 2.23. The number of fused-ring (bicyclic) bond motifs is 1. The number of amides is 1. The van der Waals surface area contributed by atoms with E-state index in [4.69, 9.17) is 4.74 Å². The number of ether oxygens (including phenoxy) is 1. The van der Waals surface area contributed by atoms with Gasteiger partial charge >= 0.3 is 6.09 Å². The largest absolute Gasteiger partial charge is 0.444 e. The fourth-order valence-electron chi connectivity index (χ4n) is 3.25. The van der Waals surface area contributed by atoms with Crippen molar-refractivity contribution in [1.29, 1.82) is 0 Å². The summed E-state index contributed by atoms with van der Waals surface area (Å²) in [5.41, 5.74) is -0.0684. The lowest BCUT2D eigenvalue weighted by atomic mass is 10.1. The van der Waals surface area contributed by atoms with Crippen LogP contribution in [0.3, 0.4) is 0 Å². The summed E-state index contributed by atoms with van der Waals surface area (Å²) in [5.74, 6) is -0.636. The summed E-state index contributed by atoms with van der Waals surface area (Å²) in [4.78, 5) is 34.1. The molecule has 1 N–H and O–H groups in total. The van der Waals surface area contributed by atoms with E-state index < -0.39 is 17.6 Å². The molecule has 0 aromatic carbocycles. The first-order chi connectivity index (χ1) is 13.2. The van der Waals surface area contributed by atoms with Gasteiger partial charge < -0.3 is 15.0 Å². The lowest BCUT2D eigenvalue weighted by molar-refractivity contribution is 0.0478. The Morgan fingerprint density at radius 1 is 1.29 bits per heavy atom. The minimum Gasteiger partial charge on any atom is -0.444 e. The van der Waals surface area contributed by atoms with Gasteiger partial charge in [-0.2, -0.15) is 9.37 Å². The van der Waals surface area contributed by atoms with Crippen molar-refractivity contribution >= 4 is 17.3 Å². The van der Waals surface area contributed by atoms with Crippen molar-refractivity contribution in [2.45, 2.75) is 51.8 Å². The van der Waals surface area contributed by atoms with Crippen LogP contribution >= 0.6 is 0 Å². The minimum atomic E-state index is -0.636. The molecule has 0 atom stereocenters. The molecule has 2 aromatic rings. The number of halogens is 1. The zero-order valence-electron chi connectivity index (χ0n) is 16.4. The summed E-state index contributed by atoms with van der Waals surface area (Å²) in [6.45, 7) is 8.12. The minimum absolute atomic E-state index is 0.0753. The summed E-state index contributed by atoms with van der Waals surface area (Å²) >= 11 is 0. The Bertz CT molecular complexity index is 901. The number of nitrogens with zero attached hydrogens (tertiary/aromatic N) is 4. The van der Waals surface area contributed by atoms with Crippen LogP contribution in [0.15, 0.2) is 23.1 Å². The van der Waals surface area contributed by atoms with E-state index in [0.717, 1.165) is 25.9 Å². The molecule has 1 amide bonds. The van der Waals surface area contributed by atoms with Crippen LogP contribution in [-0.2, 0) is 11.3 Å². The maximum Gasteiger partial charge on any atom is 0.407 e.